The van der Waals surface area contributed by atoms with Crippen molar-refractivity contribution in [3.05, 3.63) is 0 Å². The van der Waals surface area contributed by atoms with Crippen LogP contribution in [0.4, 0.5) is 0 Å². The molecule has 0 radical (unpaired) electrons. The average Bonchev–Trinajstić information content (AvgIpc) is 2.05. The molecule has 0 aromatic rings. The lowest BCUT2D eigenvalue weighted by Crippen LogP contribution is -2.49. The molecule has 1 rings (SSSR count). The maximum absolute atomic E-state index is 10.7. The highest BCUT2D eigenvalue weighted by Gasteiger charge is 2.23. The fourth-order valence-corrected chi connectivity index (χ4v) is 1.22. The van der Waals surface area contributed by atoms with E-state index < -0.39 is 12.0 Å². The summed E-state index contributed by atoms with van der Waals surface area (Å²) in [6.07, 6.45) is -0.509. The molecule has 0 aromatic heterocycles. The number of amides is 1. The molecule has 1 aliphatic rings. The number of morpholine rings is 1. The molecule has 1 saturated heterocycles. The first-order chi connectivity index (χ1) is 5.74. The Kier molecular flexibility index (Phi) is 3.46. The first kappa shape index (κ1) is 9.44. The molecule has 0 saturated carbocycles. The first-order valence-corrected chi connectivity index (χ1v) is 3.98. The maximum Gasteiger partial charge on any atom is 0.247 e. The van der Waals surface area contributed by atoms with Crippen LogP contribution in [-0.2, 0) is 9.53 Å². The van der Waals surface area contributed by atoms with Crippen LogP contribution >= 0.6 is 0 Å². The number of β-amino-alcohol motifs (C(OH)–C–C–N with tert-alkyl or cyclic N) is 1. The quantitative estimate of drug-likeness (QED) is 0.527. The van der Waals surface area contributed by atoms with E-state index in [2.05, 4.69) is 0 Å². The van der Waals surface area contributed by atoms with Crippen molar-refractivity contribution in [2.75, 3.05) is 32.8 Å². The van der Waals surface area contributed by atoms with E-state index in [9.17, 15) is 4.79 Å². The molecule has 3 N–H and O–H groups in total. The summed E-state index contributed by atoms with van der Waals surface area (Å²) in [5, 5.41) is 8.64. The molecule has 12 heavy (non-hydrogen) atoms. The molecule has 1 aliphatic heterocycles. The van der Waals surface area contributed by atoms with Crippen molar-refractivity contribution in [3.63, 3.8) is 0 Å². The van der Waals surface area contributed by atoms with Crippen molar-refractivity contribution >= 4 is 5.91 Å². The Morgan fingerprint density at radius 2 is 2.50 bits per heavy atom. The van der Waals surface area contributed by atoms with Crippen molar-refractivity contribution < 1.29 is 14.6 Å². The van der Waals surface area contributed by atoms with Gasteiger partial charge in [-0.25, -0.2) is 0 Å². The van der Waals surface area contributed by atoms with Crippen molar-refractivity contribution in [3.8, 4) is 0 Å². The third-order valence-corrected chi connectivity index (χ3v) is 1.88. The van der Waals surface area contributed by atoms with E-state index in [1.54, 1.807) is 0 Å². The molecule has 0 aliphatic carbocycles. The van der Waals surface area contributed by atoms with Crippen LogP contribution in [0.2, 0.25) is 0 Å². The van der Waals surface area contributed by atoms with Gasteiger partial charge in [0, 0.05) is 19.6 Å². The van der Waals surface area contributed by atoms with E-state index >= 15 is 0 Å². The molecule has 5 nitrogen and oxygen atoms in total. The molecule has 0 bridgehead atoms. The number of rotatable bonds is 3. The van der Waals surface area contributed by atoms with Crippen LogP contribution in [0.25, 0.3) is 0 Å². The number of primary amides is 1. The third-order valence-electron chi connectivity index (χ3n) is 1.88. The smallest absolute Gasteiger partial charge is 0.247 e. The van der Waals surface area contributed by atoms with Gasteiger partial charge in [-0.3, -0.25) is 9.69 Å². The lowest BCUT2D eigenvalue weighted by molar-refractivity contribution is -0.135. The number of hydrogen-bond donors (Lipinski definition) is 2. The van der Waals surface area contributed by atoms with Crippen LogP contribution in [0.15, 0.2) is 0 Å². The lowest BCUT2D eigenvalue weighted by atomic mass is 10.2. The highest BCUT2D eigenvalue weighted by atomic mass is 16.5. The third kappa shape index (κ3) is 2.44. The zero-order valence-corrected chi connectivity index (χ0v) is 6.90. The van der Waals surface area contributed by atoms with E-state index in [-0.39, 0.29) is 6.61 Å². The summed E-state index contributed by atoms with van der Waals surface area (Å²) in [4.78, 5) is 12.7. The van der Waals surface area contributed by atoms with Gasteiger partial charge in [-0.1, -0.05) is 0 Å². The second-order valence-corrected chi connectivity index (χ2v) is 2.79. The molecule has 1 heterocycles. The largest absolute Gasteiger partial charge is 0.395 e. The molecular weight excluding hydrogens is 160 g/mol. The summed E-state index contributed by atoms with van der Waals surface area (Å²) >= 11 is 0. The van der Waals surface area contributed by atoms with Gasteiger partial charge in [0.1, 0.15) is 6.10 Å². The number of aliphatic hydroxyl groups excluding tert-OH is 1. The number of ether oxygens (including phenoxy) is 1. The first-order valence-electron chi connectivity index (χ1n) is 3.98. The lowest BCUT2D eigenvalue weighted by Gasteiger charge is -2.30. The van der Waals surface area contributed by atoms with Gasteiger partial charge in [0.25, 0.3) is 0 Å². The molecular formula is C7H14N2O3. The Labute approximate surface area is 71.1 Å². The van der Waals surface area contributed by atoms with Crippen LogP contribution in [0, 0.1) is 0 Å². The van der Waals surface area contributed by atoms with E-state index in [1.807, 2.05) is 4.90 Å². The standard InChI is InChI=1S/C7H14N2O3/c8-7(11)6-5-9(1-3-10)2-4-12-6/h6,10H,1-5H2,(H2,8,11). The van der Waals surface area contributed by atoms with Gasteiger partial charge in [-0.05, 0) is 0 Å². The summed E-state index contributed by atoms with van der Waals surface area (Å²) in [6, 6.07) is 0. The summed E-state index contributed by atoms with van der Waals surface area (Å²) in [5.41, 5.74) is 5.07. The number of carbonyl (C=O) groups excluding carboxylic acids is 1. The van der Waals surface area contributed by atoms with Crippen LogP contribution in [0.3, 0.4) is 0 Å². The number of aliphatic hydroxyl groups is 1. The van der Waals surface area contributed by atoms with Gasteiger partial charge >= 0.3 is 0 Å². The Hall–Kier alpha value is -0.650. The maximum atomic E-state index is 10.7. The average molecular weight is 174 g/mol. The van der Waals surface area contributed by atoms with Crippen molar-refractivity contribution in [2.45, 2.75) is 6.10 Å². The summed E-state index contributed by atoms with van der Waals surface area (Å²) in [6.45, 7) is 2.44. The van der Waals surface area contributed by atoms with E-state index in [1.165, 1.54) is 0 Å². The summed E-state index contributed by atoms with van der Waals surface area (Å²) < 4.78 is 5.12. The molecule has 5 heteroatoms. The van der Waals surface area contributed by atoms with Gasteiger partial charge in [-0.2, -0.15) is 0 Å². The minimum Gasteiger partial charge on any atom is -0.395 e. The van der Waals surface area contributed by atoms with Crippen molar-refractivity contribution in [2.24, 2.45) is 5.73 Å². The van der Waals surface area contributed by atoms with Crippen LogP contribution in [-0.4, -0.2) is 54.9 Å². The highest BCUT2D eigenvalue weighted by Crippen LogP contribution is 2.03. The van der Waals surface area contributed by atoms with Gasteiger partial charge in [0.05, 0.1) is 13.2 Å². The Bertz CT molecular complexity index is 161. The van der Waals surface area contributed by atoms with Gasteiger partial charge in [0.2, 0.25) is 5.91 Å². The van der Waals surface area contributed by atoms with Gasteiger partial charge in [0.15, 0.2) is 0 Å². The topological polar surface area (TPSA) is 75.8 Å². The molecule has 1 fully saturated rings. The fourth-order valence-electron chi connectivity index (χ4n) is 1.22. The number of nitrogens with two attached hydrogens (primary N) is 1. The fraction of sp³-hybridized carbons (Fsp3) is 0.857. The summed E-state index contributed by atoms with van der Waals surface area (Å²) in [7, 11) is 0. The van der Waals surface area contributed by atoms with Crippen LogP contribution in [0.1, 0.15) is 0 Å². The van der Waals surface area contributed by atoms with Crippen molar-refractivity contribution in [1.29, 1.82) is 0 Å². The molecule has 70 valence electrons. The highest BCUT2D eigenvalue weighted by molar-refractivity contribution is 5.79. The number of nitrogens with zero attached hydrogens (tertiary/aromatic N) is 1. The predicted octanol–water partition coefficient (Wildman–Crippen LogP) is -1.84. The Morgan fingerprint density at radius 1 is 1.75 bits per heavy atom. The monoisotopic (exact) mass is 174 g/mol. The number of carbonyl (C=O) groups is 1. The Balaban J connectivity index is 2.35. The normalized spacial score (nSPS) is 25.6. The molecule has 1 amide bonds. The zero-order valence-electron chi connectivity index (χ0n) is 6.90. The molecule has 1 atom stereocenters. The van der Waals surface area contributed by atoms with Gasteiger partial charge in [-0.15, -0.1) is 0 Å². The zero-order chi connectivity index (χ0) is 8.97. The SMILES string of the molecule is NC(=O)C1CN(CCO)CCO1. The number of hydrogen-bond acceptors (Lipinski definition) is 4. The van der Waals surface area contributed by atoms with Gasteiger partial charge < -0.3 is 15.6 Å². The predicted molar refractivity (Wildman–Crippen MR) is 42.5 cm³/mol. The minimum atomic E-state index is -0.509. The Morgan fingerprint density at radius 3 is 3.08 bits per heavy atom. The summed E-state index contributed by atoms with van der Waals surface area (Å²) in [5.74, 6) is -0.433. The molecule has 1 unspecified atom stereocenters. The second kappa shape index (κ2) is 4.39. The van der Waals surface area contributed by atoms with Crippen LogP contribution in [0.5, 0.6) is 0 Å². The second-order valence-electron chi connectivity index (χ2n) is 2.79. The van der Waals surface area contributed by atoms with E-state index in [4.69, 9.17) is 15.6 Å². The minimum absolute atomic E-state index is 0.103. The van der Waals surface area contributed by atoms with Crippen molar-refractivity contribution in [1.82, 2.24) is 4.90 Å². The van der Waals surface area contributed by atoms with E-state index in [0.29, 0.717) is 19.7 Å². The van der Waals surface area contributed by atoms with Crippen LogP contribution < -0.4 is 5.73 Å². The molecule has 0 aromatic carbocycles. The molecule has 0 spiro atoms. The van der Waals surface area contributed by atoms with E-state index in [0.717, 1.165) is 6.54 Å².